The van der Waals surface area contributed by atoms with E-state index in [9.17, 15) is 20.1 Å². The molecule has 3 aromatic carbocycles. The monoisotopic (exact) mass is 471 g/mol. The molecule has 8 heteroatoms. The molecule has 0 spiro atoms. The minimum atomic E-state index is -0.759. The zero-order valence-corrected chi connectivity index (χ0v) is 19.0. The number of carbonyl (C=O) groups excluding carboxylic acids is 1. The number of anilines is 2. The van der Waals surface area contributed by atoms with E-state index in [2.05, 4.69) is 16.0 Å². The fourth-order valence-electron chi connectivity index (χ4n) is 3.33. The molecule has 0 saturated carbocycles. The summed E-state index contributed by atoms with van der Waals surface area (Å²) in [7, 11) is 0. The highest BCUT2D eigenvalue weighted by molar-refractivity contribution is 5.85. The van der Waals surface area contributed by atoms with Gasteiger partial charge < -0.3 is 31.3 Å². The van der Waals surface area contributed by atoms with E-state index in [4.69, 9.17) is 0 Å². The van der Waals surface area contributed by atoms with Crippen molar-refractivity contribution in [2.45, 2.75) is 18.6 Å². The molecule has 0 saturated heterocycles. The Hall–Kier alpha value is -3.10. The van der Waals surface area contributed by atoms with Crippen molar-refractivity contribution in [3.8, 4) is 5.75 Å². The van der Waals surface area contributed by atoms with Crippen LogP contribution in [-0.4, -0.2) is 41.4 Å². The van der Waals surface area contributed by atoms with Gasteiger partial charge in [-0.3, -0.25) is 4.79 Å². The first-order chi connectivity index (χ1) is 15.6. The molecule has 33 heavy (non-hydrogen) atoms. The molecule has 0 aromatic heterocycles. The van der Waals surface area contributed by atoms with Gasteiger partial charge in [0.1, 0.15) is 5.75 Å². The lowest BCUT2D eigenvalue weighted by Gasteiger charge is -2.15. The van der Waals surface area contributed by atoms with Gasteiger partial charge in [-0.2, -0.15) is 0 Å². The van der Waals surface area contributed by atoms with Gasteiger partial charge in [-0.1, -0.05) is 48.5 Å². The maximum atomic E-state index is 10.6. The minimum absolute atomic E-state index is 0. The Balaban J connectivity index is 0.00000385. The number of halogens is 1. The van der Waals surface area contributed by atoms with Crippen LogP contribution < -0.4 is 16.0 Å². The Morgan fingerprint density at radius 3 is 2.24 bits per heavy atom. The van der Waals surface area contributed by atoms with E-state index in [0.29, 0.717) is 31.6 Å². The Morgan fingerprint density at radius 2 is 1.55 bits per heavy atom. The van der Waals surface area contributed by atoms with Crippen LogP contribution in [0.4, 0.5) is 11.4 Å². The zero-order valence-electron chi connectivity index (χ0n) is 18.1. The third-order valence-corrected chi connectivity index (χ3v) is 5.19. The number of rotatable bonds is 12. The molecule has 0 aliphatic rings. The smallest absolute Gasteiger partial charge is 0.211 e. The number of nitrogens with one attached hydrogen (secondary N) is 3. The summed E-state index contributed by atoms with van der Waals surface area (Å²) in [5.74, 6) is -0.0477. The number of carbonyl (C=O) groups is 1. The SMILES string of the molecule is Cl.O=CNc1cc(C(O)CNCCc2ccc(NCC(O)c3ccccc3)cc2)ccc1O. The topological polar surface area (TPSA) is 114 Å². The van der Waals surface area contributed by atoms with E-state index >= 15 is 0 Å². The third kappa shape index (κ3) is 8.07. The highest BCUT2D eigenvalue weighted by Crippen LogP contribution is 2.26. The molecule has 0 aliphatic heterocycles. The molecule has 3 aromatic rings. The van der Waals surface area contributed by atoms with Gasteiger partial charge in [0.2, 0.25) is 6.41 Å². The van der Waals surface area contributed by atoms with Gasteiger partial charge in [0.15, 0.2) is 0 Å². The molecule has 3 rings (SSSR count). The number of hydrogen-bond donors (Lipinski definition) is 6. The Bertz CT molecular complexity index is 987. The normalized spacial score (nSPS) is 12.3. The van der Waals surface area contributed by atoms with Crippen LogP contribution in [0, 0.1) is 0 Å². The quantitative estimate of drug-likeness (QED) is 0.137. The van der Waals surface area contributed by atoms with Crippen LogP contribution in [-0.2, 0) is 11.2 Å². The second kappa shape index (κ2) is 13.4. The standard InChI is InChI=1S/C25H29N3O4.ClH/c29-17-28-22-14-20(8-11-23(22)30)24(31)15-26-13-12-18-6-9-21(10-7-18)27-16-25(32)19-4-2-1-3-5-19;/h1-11,14,17,24-27,30-32H,12-13,15-16H2,(H,28,29);1H. The van der Waals surface area contributed by atoms with Crippen LogP contribution in [0.15, 0.2) is 72.8 Å². The molecular formula is C25H30ClN3O4. The van der Waals surface area contributed by atoms with Crippen molar-refractivity contribution in [2.24, 2.45) is 0 Å². The van der Waals surface area contributed by atoms with Crippen molar-refractivity contribution in [3.63, 3.8) is 0 Å². The zero-order chi connectivity index (χ0) is 22.8. The number of phenolic OH excluding ortho intramolecular Hbond substituents is 1. The number of aliphatic hydroxyl groups excluding tert-OH is 2. The van der Waals surface area contributed by atoms with E-state index < -0.39 is 12.2 Å². The van der Waals surface area contributed by atoms with E-state index in [1.165, 1.54) is 6.07 Å². The van der Waals surface area contributed by atoms with Crippen LogP contribution >= 0.6 is 12.4 Å². The average molecular weight is 472 g/mol. The molecular weight excluding hydrogens is 442 g/mol. The van der Waals surface area contributed by atoms with Gasteiger partial charge in [-0.05, 0) is 53.9 Å². The van der Waals surface area contributed by atoms with E-state index in [0.717, 1.165) is 23.2 Å². The Morgan fingerprint density at radius 1 is 0.848 bits per heavy atom. The molecule has 1 amide bonds. The van der Waals surface area contributed by atoms with E-state index in [1.54, 1.807) is 12.1 Å². The molecule has 6 N–H and O–H groups in total. The van der Waals surface area contributed by atoms with Crippen LogP contribution in [0.25, 0.3) is 0 Å². The number of aromatic hydroxyl groups is 1. The van der Waals surface area contributed by atoms with Crippen molar-refractivity contribution in [1.82, 2.24) is 5.32 Å². The van der Waals surface area contributed by atoms with Gasteiger partial charge in [0.25, 0.3) is 0 Å². The molecule has 2 atom stereocenters. The van der Waals surface area contributed by atoms with Gasteiger partial charge in [0.05, 0.1) is 17.9 Å². The van der Waals surface area contributed by atoms with Crippen molar-refractivity contribution in [3.05, 3.63) is 89.5 Å². The summed E-state index contributed by atoms with van der Waals surface area (Å²) in [6.07, 6.45) is -0.0427. The predicted molar refractivity (Wildman–Crippen MR) is 133 cm³/mol. The van der Waals surface area contributed by atoms with Crippen molar-refractivity contribution < 1.29 is 20.1 Å². The molecule has 0 bridgehead atoms. The summed E-state index contributed by atoms with van der Waals surface area (Å²) < 4.78 is 0. The van der Waals surface area contributed by atoms with Gasteiger partial charge in [-0.15, -0.1) is 12.4 Å². The third-order valence-electron chi connectivity index (χ3n) is 5.19. The first-order valence-electron chi connectivity index (χ1n) is 10.5. The highest BCUT2D eigenvalue weighted by atomic mass is 35.5. The fourth-order valence-corrected chi connectivity index (χ4v) is 3.33. The van der Waals surface area contributed by atoms with E-state index in [1.807, 2.05) is 54.6 Å². The summed E-state index contributed by atoms with van der Waals surface area (Å²) in [6.45, 7) is 1.47. The molecule has 0 aliphatic carbocycles. The lowest BCUT2D eigenvalue weighted by Crippen LogP contribution is -2.23. The second-order valence-electron chi connectivity index (χ2n) is 7.51. The van der Waals surface area contributed by atoms with Crippen molar-refractivity contribution in [1.29, 1.82) is 0 Å². The second-order valence-corrected chi connectivity index (χ2v) is 7.51. The lowest BCUT2D eigenvalue weighted by molar-refractivity contribution is -0.105. The summed E-state index contributed by atoms with van der Waals surface area (Å²) in [4.78, 5) is 10.6. The summed E-state index contributed by atoms with van der Waals surface area (Å²) in [5, 5.41) is 39.1. The first kappa shape index (κ1) is 26.2. The summed E-state index contributed by atoms with van der Waals surface area (Å²) >= 11 is 0. The molecule has 0 heterocycles. The largest absolute Gasteiger partial charge is 0.506 e. The first-order valence-corrected chi connectivity index (χ1v) is 10.5. The maximum absolute atomic E-state index is 10.6. The number of amides is 1. The van der Waals surface area contributed by atoms with Crippen LogP contribution in [0.5, 0.6) is 5.75 Å². The predicted octanol–water partition coefficient (Wildman–Crippen LogP) is 3.39. The molecule has 176 valence electrons. The number of hydrogen-bond acceptors (Lipinski definition) is 6. The Kier molecular flexibility index (Phi) is 10.7. The summed E-state index contributed by atoms with van der Waals surface area (Å²) in [5.41, 5.74) is 3.85. The number of benzene rings is 3. The van der Waals surface area contributed by atoms with Crippen LogP contribution in [0.3, 0.4) is 0 Å². The Labute approximate surface area is 199 Å². The van der Waals surface area contributed by atoms with Crippen molar-refractivity contribution in [2.75, 3.05) is 30.3 Å². The average Bonchev–Trinajstić information content (AvgIpc) is 2.83. The molecule has 2 unspecified atom stereocenters. The molecule has 0 radical (unpaired) electrons. The number of aliphatic hydroxyl groups is 2. The highest BCUT2D eigenvalue weighted by Gasteiger charge is 2.10. The molecule has 7 nitrogen and oxygen atoms in total. The van der Waals surface area contributed by atoms with Crippen molar-refractivity contribution >= 4 is 30.2 Å². The maximum Gasteiger partial charge on any atom is 0.211 e. The van der Waals surface area contributed by atoms with Crippen LogP contribution in [0.1, 0.15) is 28.9 Å². The summed E-state index contributed by atoms with van der Waals surface area (Å²) in [6, 6.07) is 22.2. The van der Waals surface area contributed by atoms with Gasteiger partial charge in [0, 0.05) is 18.8 Å². The van der Waals surface area contributed by atoms with Crippen LogP contribution in [0.2, 0.25) is 0 Å². The van der Waals surface area contributed by atoms with E-state index in [-0.39, 0.29) is 23.8 Å². The molecule has 0 fully saturated rings. The van der Waals surface area contributed by atoms with Gasteiger partial charge >= 0.3 is 0 Å². The minimum Gasteiger partial charge on any atom is -0.506 e. The van der Waals surface area contributed by atoms with Gasteiger partial charge in [-0.25, -0.2) is 0 Å². The number of phenols is 1. The fraction of sp³-hybridized carbons (Fsp3) is 0.240. The lowest BCUT2D eigenvalue weighted by atomic mass is 10.1.